The summed E-state index contributed by atoms with van der Waals surface area (Å²) in [5.41, 5.74) is -0.474. The highest BCUT2D eigenvalue weighted by Gasteiger charge is 2.45. The number of carboxylic acid groups (broad SMARTS) is 1. The summed E-state index contributed by atoms with van der Waals surface area (Å²) in [7, 11) is 0. The first-order chi connectivity index (χ1) is 8.83. The Morgan fingerprint density at radius 3 is 2.68 bits per heavy atom. The number of piperidine rings is 1. The van der Waals surface area contributed by atoms with Crippen molar-refractivity contribution in [2.24, 2.45) is 5.41 Å². The van der Waals surface area contributed by atoms with E-state index in [0.29, 0.717) is 6.54 Å². The molecule has 7 heteroatoms. The van der Waals surface area contributed by atoms with Crippen LogP contribution in [0.1, 0.15) is 43.2 Å². The number of amides is 1. The van der Waals surface area contributed by atoms with E-state index in [-0.39, 0.29) is 11.7 Å². The summed E-state index contributed by atoms with van der Waals surface area (Å²) in [4.78, 5) is 29.0. The van der Waals surface area contributed by atoms with Gasteiger partial charge >= 0.3 is 5.97 Å². The molecule has 0 saturated carbocycles. The number of nitrogens with zero attached hydrogens (tertiary/aromatic N) is 3. The van der Waals surface area contributed by atoms with Crippen molar-refractivity contribution in [1.82, 2.24) is 15.0 Å². The minimum absolute atomic E-state index is 0.0820. The Labute approximate surface area is 110 Å². The smallest absolute Gasteiger partial charge is 0.326 e. The summed E-state index contributed by atoms with van der Waals surface area (Å²) in [5, 5.41) is 12.9. The van der Waals surface area contributed by atoms with Crippen LogP contribution in [-0.2, 0) is 4.79 Å². The zero-order chi connectivity index (χ0) is 14.2. The van der Waals surface area contributed by atoms with Gasteiger partial charge in [0, 0.05) is 13.5 Å². The third-order valence-electron chi connectivity index (χ3n) is 3.49. The molecule has 1 saturated heterocycles. The predicted molar refractivity (Wildman–Crippen MR) is 64.5 cm³/mol. The number of aryl methyl sites for hydroxylation is 1. The summed E-state index contributed by atoms with van der Waals surface area (Å²) < 4.78 is 4.77. The van der Waals surface area contributed by atoms with Crippen molar-refractivity contribution in [2.75, 3.05) is 6.54 Å². The Kier molecular flexibility index (Phi) is 3.30. The number of hydrogen-bond acceptors (Lipinski definition) is 5. The zero-order valence-electron chi connectivity index (χ0n) is 11.2. The molecule has 1 aliphatic rings. The fourth-order valence-corrected chi connectivity index (χ4v) is 2.59. The second-order valence-corrected chi connectivity index (χ2v) is 5.47. The molecule has 1 N–H and O–H groups in total. The minimum atomic E-state index is -1.00. The number of rotatable bonds is 2. The fraction of sp³-hybridized carbons (Fsp3) is 0.667. The summed E-state index contributed by atoms with van der Waals surface area (Å²) >= 11 is 0. The van der Waals surface area contributed by atoms with E-state index in [9.17, 15) is 14.7 Å². The highest BCUT2D eigenvalue weighted by molar-refractivity contribution is 5.93. The van der Waals surface area contributed by atoms with Crippen LogP contribution in [-0.4, -0.2) is 44.6 Å². The minimum Gasteiger partial charge on any atom is -0.480 e. The van der Waals surface area contributed by atoms with Crippen molar-refractivity contribution >= 4 is 11.9 Å². The van der Waals surface area contributed by atoms with E-state index >= 15 is 0 Å². The van der Waals surface area contributed by atoms with Gasteiger partial charge in [-0.25, -0.2) is 4.79 Å². The first kappa shape index (κ1) is 13.5. The van der Waals surface area contributed by atoms with Crippen LogP contribution < -0.4 is 0 Å². The number of carboxylic acids is 1. The molecule has 1 unspecified atom stereocenters. The Morgan fingerprint density at radius 2 is 2.16 bits per heavy atom. The van der Waals surface area contributed by atoms with Crippen LogP contribution in [0.25, 0.3) is 0 Å². The van der Waals surface area contributed by atoms with Crippen molar-refractivity contribution in [3.63, 3.8) is 0 Å². The van der Waals surface area contributed by atoms with Crippen molar-refractivity contribution in [3.8, 4) is 0 Å². The van der Waals surface area contributed by atoms with Gasteiger partial charge < -0.3 is 14.5 Å². The SMILES string of the molecule is Cc1nc(C(=O)N2CCCC(C)(C)C2C(=O)O)no1. The van der Waals surface area contributed by atoms with Gasteiger partial charge in [-0.05, 0) is 18.3 Å². The lowest BCUT2D eigenvalue weighted by Crippen LogP contribution is -2.56. The number of likely N-dealkylation sites (tertiary alicyclic amines) is 1. The summed E-state index contributed by atoms with van der Waals surface area (Å²) in [5.74, 6) is -1.29. The second-order valence-electron chi connectivity index (χ2n) is 5.47. The quantitative estimate of drug-likeness (QED) is 0.861. The molecular formula is C12H17N3O4. The van der Waals surface area contributed by atoms with E-state index in [1.807, 2.05) is 13.8 Å². The van der Waals surface area contributed by atoms with E-state index < -0.39 is 23.3 Å². The summed E-state index contributed by atoms with van der Waals surface area (Å²) in [6.45, 7) is 5.69. The molecule has 1 atom stereocenters. The lowest BCUT2D eigenvalue weighted by molar-refractivity contribution is -0.148. The molecule has 0 radical (unpaired) electrons. The maximum absolute atomic E-state index is 12.3. The fourth-order valence-electron chi connectivity index (χ4n) is 2.59. The van der Waals surface area contributed by atoms with Gasteiger partial charge in [-0.1, -0.05) is 19.0 Å². The zero-order valence-corrected chi connectivity index (χ0v) is 11.2. The molecule has 1 amide bonds. The van der Waals surface area contributed by atoms with Gasteiger partial charge in [0.2, 0.25) is 5.89 Å². The molecule has 0 aliphatic carbocycles. The second kappa shape index (κ2) is 4.64. The van der Waals surface area contributed by atoms with Gasteiger partial charge in [0.15, 0.2) is 0 Å². The van der Waals surface area contributed by atoms with E-state index in [1.165, 1.54) is 4.90 Å². The topological polar surface area (TPSA) is 96.5 Å². The molecule has 1 fully saturated rings. The highest BCUT2D eigenvalue weighted by atomic mass is 16.5. The monoisotopic (exact) mass is 267 g/mol. The Balaban J connectivity index is 2.31. The molecule has 19 heavy (non-hydrogen) atoms. The number of aliphatic carboxylic acids is 1. The van der Waals surface area contributed by atoms with Crippen LogP contribution in [0.5, 0.6) is 0 Å². The van der Waals surface area contributed by atoms with Crippen LogP contribution in [0, 0.1) is 12.3 Å². The van der Waals surface area contributed by atoms with Gasteiger partial charge in [-0.15, -0.1) is 0 Å². The van der Waals surface area contributed by atoms with Crippen molar-refractivity contribution in [1.29, 1.82) is 0 Å². The van der Waals surface area contributed by atoms with Crippen LogP contribution in [0.15, 0.2) is 4.52 Å². The number of carbonyl (C=O) groups excluding carboxylic acids is 1. The van der Waals surface area contributed by atoms with Gasteiger partial charge in [-0.2, -0.15) is 4.98 Å². The molecule has 0 aromatic carbocycles. The van der Waals surface area contributed by atoms with Crippen LogP contribution >= 0.6 is 0 Å². The van der Waals surface area contributed by atoms with Crippen molar-refractivity contribution in [3.05, 3.63) is 11.7 Å². The van der Waals surface area contributed by atoms with Crippen LogP contribution in [0.3, 0.4) is 0 Å². The Morgan fingerprint density at radius 1 is 1.47 bits per heavy atom. The molecule has 0 spiro atoms. The molecule has 1 aliphatic heterocycles. The van der Waals surface area contributed by atoms with Crippen LogP contribution in [0.4, 0.5) is 0 Å². The van der Waals surface area contributed by atoms with E-state index in [1.54, 1.807) is 6.92 Å². The average Bonchev–Trinajstić information content (AvgIpc) is 2.72. The van der Waals surface area contributed by atoms with Gasteiger partial charge in [0.05, 0.1) is 0 Å². The maximum atomic E-state index is 12.3. The van der Waals surface area contributed by atoms with Crippen molar-refractivity contribution in [2.45, 2.75) is 39.7 Å². The molecule has 1 aromatic rings. The third-order valence-corrected chi connectivity index (χ3v) is 3.49. The largest absolute Gasteiger partial charge is 0.480 e. The van der Waals surface area contributed by atoms with E-state index in [4.69, 9.17) is 4.52 Å². The maximum Gasteiger partial charge on any atom is 0.326 e. The Bertz CT molecular complexity index is 509. The predicted octanol–water partition coefficient (Wildman–Crippen LogP) is 1.09. The molecule has 104 valence electrons. The highest BCUT2D eigenvalue weighted by Crippen LogP contribution is 2.35. The molecule has 7 nitrogen and oxygen atoms in total. The van der Waals surface area contributed by atoms with Crippen LogP contribution in [0.2, 0.25) is 0 Å². The molecule has 2 heterocycles. The lowest BCUT2D eigenvalue weighted by Gasteiger charge is -2.43. The summed E-state index contributed by atoms with van der Waals surface area (Å²) in [6.07, 6.45) is 1.53. The molecular weight excluding hydrogens is 250 g/mol. The van der Waals surface area contributed by atoms with Gasteiger partial charge in [0.25, 0.3) is 11.7 Å². The van der Waals surface area contributed by atoms with Crippen molar-refractivity contribution < 1.29 is 19.2 Å². The van der Waals surface area contributed by atoms with Gasteiger partial charge in [0.1, 0.15) is 6.04 Å². The van der Waals surface area contributed by atoms with E-state index in [2.05, 4.69) is 10.1 Å². The first-order valence-electron chi connectivity index (χ1n) is 6.17. The molecule has 2 rings (SSSR count). The number of aromatic nitrogens is 2. The lowest BCUT2D eigenvalue weighted by atomic mass is 9.76. The van der Waals surface area contributed by atoms with E-state index in [0.717, 1.165) is 12.8 Å². The number of hydrogen-bond donors (Lipinski definition) is 1. The first-order valence-corrected chi connectivity index (χ1v) is 6.17. The molecule has 1 aromatic heterocycles. The third kappa shape index (κ3) is 2.45. The Hall–Kier alpha value is -1.92. The van der Waals surface area contributed by atoms with Gasteiger partial charge in [-0.3, -0.25) is 4.79 Å². The standard InChI is InChI=1S/C12H17N3O4/c1-7-13-9(14-19-7)10(16)15-6-4-5-12(2,3)8(15)11(17)18/h8H,4-6H2,1-3H3,(H,17,18). The summed E-state index contributed by atoms with van der Waals surface area (Å²) in [6, 6.07) is -0.868. The average molecular weight is 267 g/mol. The normalized spacial score (nSPS) is 22.3. The number of carbonyl (C=O) groups is 2. The molecule has 0 bridgehead atoms.